The van der Waals surface area contributed by atoms with Crippen LogP contribution in [0.3, 0.4) is 0 Å². The molecule has 6 heteroatoms. The van der Waals surface area contributed by atoms with Crippen molar-refractivity contribution >= 4 is 21.8 Å². The van der Waals surface area contributed by atoms with Gasteiger partial charge in [0.15, 0.2) is 0 Å². The Morgan fingerprint density at radius 3 is 2.08 bits per heavy atom. The van der Waals surface area contributed by atoms with Crippen LogP contribution < -0.4 is 4.24 Å². The predicted octanol–water partition coefficient (Wildman–Crippen LogP) is 0.294. The summed E-state index contributed by atoms with van der Waals surface area (Å²) in [5.41, 5.74) is 0. The Hall–Kier alpha value is -0.620. The van der Waals surface area contributed by atoms with E-state index in [1.54, 1.807) is 22.4 Å². The van der Waals surface area contributed by atoms with Crippen molar-refractivity contribution < 1.29 is 13.9 Å². The van der Waals surface area contributed by atoms with Crippen LogP contribution in [0, 0.1) is 0 Å². The molecule has 1 aromatic rings. The Bertz CT molecular complexity index is 324. The summed E-state index contributed by atoms with van der Waals surface area (Å²) < 4.78 is 23.6. The highest BCUT2D eigenvalue weighted by Gasteiger charge is 2.09. The minimum Gasteiger partial charge on any atom is -0.412 e. The van der Waals surface area contributed by atoms with Crippen molar-refractivity contribution in [3.8, 4) is 0 Å². The van der Waals surface area contributed by atoms with Crippen LogP contribution in [-0.4, -0.2) is 13.9 Å². The van der Waals surface area contributed by atoms with Crippen LogP contribution in [0.2, 0.25) is 0 Å². The van der Waals surface area contributed by atoms with Gasteiger partial charge in [-0.2, -0.15) is 0 Å². The van der Waals surface area contributed by atoms with Gasteiger partial charge in [0.05, 0.1) is 4.90 Å². The van der Waals surface area contributed by atoms with Crippen molar-refractivity contribution in [2.24, 2.45) is 0 Å². The number of hydrogen-bond donors (Lipinski definition) is 1. The van der Waals surface area contributed by atoms with Crippen molar-refractivity contribution in [1.29, 1.82) is 0 Å². The summed E-state index contributed by atoms with van der Waals surface area (Å²) in [5.74, 6) is 0. The maximum Gasteiger partial charge on any atom is 0.253 e. The molecular formula is C6H8ClNO3S. The van der Waals surface area contributed by atoms with Gasteiger partial charge in [-0.05, 0) is 23.9 Å². The summed E-state index contributed by atoms with van der Waals surface area (Å²) in [6, 6.07) is 7.91. The molecule has 0 aliphatic heterocycles. The van der Waals surface area contributed by atoms with Crippen LogP contribution in [0.1, 0.15) is 0 Å². The van der Waals surface area contributed by atoms with Crippen molar-refractivity contribution in [3.63, 3.8) is 0 Å². The lowest BCUT2D eigenvalue weighted by molar-refractivity contribution is 0.594. The number of sulfonamides is 1. The van der Waals surface area contributed by atoms with E-state index in [0.717, 1.165) is 0 Å². The number of halogens is 1. The van der Waals surface area contributed by atoms with Crippen LogP contribution >= 0.6 is 11.8 Å². The highest BCUT2D eigenvalue weighted by molar-refractivity contribution is 7.90. The van der Waals surface area contributed by atoms with Crippen molar-refractivity contribution in [2.75, 3.05) is 0 Å². The molecule has 1 aromatic carbocycles. The largest absolute Gasteiger partial charge is 0.412 e. The highest BCUT2D eigenvalue weighted by atomic mass is 35.5. The first kappa shape index (κ1) is 11.4. The third-order valence-electron chi connectivity index (χ3n) is 1.16. The zero-order valence-electron chi connectivity index (χ0n) is 5.99. The lowest BCUT2D eigenvalue weighted by Crippen LogP contribution is -2.12. The summed E-state index contributed by atoms with van der Waals surface area (Å²) in [6.07, 6.45) is 0. The second kappa shape index (κ2) is 4.42. The minimum absolute atomic E-state index is 0. The Kier molecular flexibility index (Phi) is 4.19. The molecule has 4 nitrogen and oxygen atoms in total. The third-order valence-corrected chi connectivity index (χ3v) is 2.86. The standard InChI is InChI=1S/C6H6ClNO2S.H2O/c7-8-11(9,10)6-4-2-1-3-5-6;/h1-5,8H;1H2. The van der Waals surface area contributed by atoms with Gasteiger partial charge in [-0.15, -0.1) is 4.24 Å². The smallest absolute Gasteiger partial charge is 0.253 e. The van der Waals surface area contributed by atoms with Gasteiger partial charge >= 0.3 is 0 Å². The summed E-state index contributed by atoms with van der Waals surface area (Å²) in [7, 11) is -3.48. The van der Waals surface area contributed by atoms with Crippen molar-refractivity contribution in [2.45, 2.75) is 4.90 Å². The zero-order valence-corrected chi connectivity index (χ0v) is 7.56. The average Bonchev–Trinajstić information content (AvgIpc) is 2.06. The van der Waals surface area contributed by atoms with Gasteiger partial charge in [0, 0.05) is 0 Å². The number of nitrogens with one attached hydrogen (secondary N) is 1. The zero-order chi connectivity index (χ0) is 8.32. The molecule has 0 fully saturated rings. The van der Waals surface area contributed by atoms with E-state index in [4.69, 9.17) is 11.8 Å². The minimum atomic E-state index is -3.48. The highest BCUT2D eigenvalue weighted by Crippen LogP contribution is 2.06. The summed E-state index contributed by atoms with van der Waals surface area (Å²) in [4.78, 5) is 0.162. The van der Waals surface area contributed by atoms with Crippen molar-refractivity contribution in [1.82, 2.24) is 4.24 Å². The molecule has 0 saturated heterocycles. The molecule has 0 amide bonds. The Balaban J connectivity index is 0.00000121. The van der Waals surface area contributed by atoms with E-state index < -0.39 is 10.0 Å². The molecule has 0 aromatic heterocycles. The molecule has 3 N–H and O–H groups in total. The molecule has 0 heterocycles. The van der Waals surface area contributed by atoms with Crippen LogP contribution in [0.5, 0.6) is 0 Å². The molecule has 12 heavy (non-hydrogen) atoms. The lowest BCUT2D eigenvalue weighted by atomic mass is 10.4. The van der Waals surface area contributed by atoms with E-state index in [0.29, 0.717) is 0 Å². The maximum absolute atomic E-state index is 11.0. The average molecular weight is 210 g/mol. The fraction of sp³-hybridized carbons (Fsp3) is 0. The van der Waals surface area contributed by atoms with Crippen LogP contribution in [-0.2, 0) is 10.0 Å². The van der Waals surface area contributed by atoms with Gasteiger partial charge in [0.2, 0.25) is 0 Å². The van der Waals surface area contributed by atoms with E-state index in [9.17, 15) is 8.42 Å². The van der Waals surface area contributed by atoms with Gasteiger partial charge in [-0.1, -0.05) is 18.2 Å². The molecule has 0 aliphatic carbocycles. The first-order chi connectivity index (χ1) is 5.17. The van der Waals surface area contributed by atoms with Crippen LogP contribution in [0.15, 0.2) is 35.2 Å². The monoisotopic (exact) mass is 209 g/mol. The van der Waals surface area contributed by atoms with Gasteiger partial charge in [-0.3, -0.25) is 0 Å². The second-order valence-corrected chi connectivity index (χ2v) is 3.99. The van der Waals surface area contributed by atoms with Crippen LogP contribution in [0.4, 0.5) is 0 Å². The maximum atomic E-state index is 11.0. The molecule has 0 aliphatic rings. The van der Waals surface area contributed by atoms with Gasteiger partial charge < -0.3 is 5.48 Å². The first-order valence-corrected chi connectivity index (χ1v) is 4.70. The molecular weight excluding hydrogens is 202 g/mol. The van der Waals surface area contributed by atoms with Gasteiger partial charge in [0.1, 0.15) is 0 Å². The summed E-state index contributed by atoms with van der Waals surface area (Å²) >= 11 is 4.99. The lowest BCUT2D eigenvalue weighted by Gasteiger charge is -1.97. The summed E-state index contributed by atoms with van der Waals surface area (Å²) in [6.45, 7) is 0. The Labute approximate surface area is 75.6 Å². The second-order valence-electron chi connectivity index (χ2n) is 1.89. The first-order valence-electron chi connectivity index (χ1n) is 2.84. The normalized spacial score (nSPS) is 10.4. The molecule has 0 saturated carbocycles. The van der Waals surface area contributed by atoms with E-state index >= 15 is 0 Å². The molecule has 0 bridgehead atoms. The molecule has 68 valence electrons. The van der Waals surface area contributed by atoms with Gasteiger partial charge in [0.25, 0.3) is 10.0 Å². The van der Waals surface area contributed by atoms with Crippen LogP contribution in [0.25, 0.3) is 0 Å². The molecule has 0 atom stereocenters. The van der Waals surface area contributed by atoms with E-state index in [1.807, 2.05) is 0 Å². The Morgan fingerprint density at radius 2 is 1.67 bits per heavy atom. The van der Waals surface area contributed by atoms with E-state index in [2.05, 4.69) is 0 Å². The van der Waals surface area contributed by atoms with E-state index in [-0.39, 0.29) is 10.4 Å². The predicted molar refractivity (Wildman–Crippen MR) is 46.2 cm³/mol. The quantitative estimate of drug-likeness (QED) is 0.711. The number of rotatable bonds is 2. The van der Waals surface area contributed by atoms with Crippen molar-refractivity contribution in [3.05, 3.63) is 30.3 Å². The number of benzene rings is 1. The SMILES string of the molecule is O.O=S(=O)(NCl)c1ccccc1. The molecule has 0 radical (unpaired) electrons. The fourth-order valence-electron chi connectivity index (χ4n) is 0.644. The third kappa shape index (κ3) is 2.46. The Morgan fingerprint density at radius 1 is 1.17 bits per heavy atom. The van der Waals surface area contributed by atoms with E-state index in [1.165, 1.54) is 12.1 Å². The van der Waals surface area contributed by atoms with Gasteiger partial charge in [-0.25, -0.2) is 8.42 Å². The number of hydrogen-bond acceptors (Lipinski definition) is 2. The fourth-order valence-corrected chi connectivity index (χ4v) is 1.52. The summed E-state index contributed by atoms with van der Waals surface area (Å²) in [5, 5.41) is 0. The molecule has 1 rings (SSSR count). The topological polar surface area (TPSA) is 77.7 Å². The molecule has 0 unspecified atom stereocenters. The molecule has 0 spiro atoms.